The average Bonchev–Trinajstić information content (AvgIpc) is 2.77. The molecule has 0 bridgehead atoms. The van der Waals surface area contributed by atoms with Gasteiger partial charge in [-0.05, 0) is 69.3 Å². The summed E-state index contributed by atoms with van der Waals surface area (Å²) in [5, 5.41) is 3.66. The van der Waals surface area contributed by atoms with Crippen LogP contribution in [-0.2, 0) is 16.7 Å². The van der Waals surface area contributed by atoms with E-state index in [4.69, 9.17) is 14.2 Å². The van der Waals surface area contributed by atoms with Crippen LogP contribution in [0.4, 0.5) is 0 Å². The fourth-order valence-electron chi connectivity index (χ4n) is 4.59. The van der Waals surface area contributed by atoms with Crippen molar-refractivity contribution in [3.05, 3.63) is 59.7 Å². The smallest absolute Gasteiger partial charge is 0.122 e. The first kappa shape index (κ1) is 23.6. The van der Waals surface area contributed by atoms with Crippen LogP contribution in [0, 0.1) is 5.92 Å². The molecular formula is C27H39NO3. The predicted molar refractivity (Wildman–Crippen MR) is 127 cm³/mol. The average molecular weight is 426 g/mol. The van der Waals surface area contributed by atoms with Crippen LogP contribution in [0.25, 0.3) is 0 Å². The van der Waals surface area contributed by atoms with Gasteiger partial charge < -0.3 is 19.5 Å². The van der Waals surface area contributed by atoms with Crippen molar-refractivity contribution in [2.75, 3.05) is 20.3 Å². The molecule has 1 aliphatic rings. The van der Waals surface area contributed by atoms with E-state index in [2.05, 4.69) is 67.7 Å². The molecule has 0 amide bonds. The molecule has 0 aliphatic carbocycles. The van der Waals surface area contributed by atoms with E-state index in [0.29, 0.717) is 5.92 Å². The number of hydrogen-bond donors (Lipinski definition) is 1. The van der Waals surface area contributed by atoms with Gasteiger partial charge in [0.2, 0.25) is 0 Å². The van der Waals surface area contributed by atoms with Crippen LogP contribution in [0.5, 0.6) is 11.5 Å². The van der Waals surface area contributed by atoms with Crippen molar-refractivity contribution < 1.29 is 14.2 Å². The summed E-state index contributed by atoms with van der Waals surface area (Å²) in [7, 11) is 1.77. The number of benzene rings is 2. The lowest BCUT2D eigenvalue weighted by atomic mass is 9.68. The molecule has 0 radical (unpaired) electrons. The molecule has 1 fully saturated rings. The van der Waals surface area contributed by atoms with Gasteiger partial charge in [0.1, 0.15) is 11.5 Å². The number of methoxy groups -OCH3 is 1. The topological polar surface area (TPSA) is 39.7 Å². The summed E-state index contributed by atoms with van der Waals surface area (Å²) < 4.78 is 17.6. The molecule has 1 N–H and O–H groups in total. The maximum atomic E-state index is 6.13. The van der Waals surface area contributed by atoms with E-state index >= 15 is 0 Å². The Kier molecular flexibility index (Phi) is 8.39. The largest absolute Gasteiger partial charge is 0.496 e. The summed E-state index contributed by atoms with van der Waals surface area (Å²) in [5.74, 6) is 2.43. The zero-order valence-electron chi connectivity index (χ0n) is 19.8. The summed E-state index contributed by atoms with van der Waals surface area (Å²) >= 11 is 0. The van der Waals surface area contributed by atoms with Crippen LogP contribution in [0.15, 0.2) is 48.5 Å². The zero-order valence-corrected chi connectivity index (χ0v) is 19.8. The van der Waals surface area contributed by atoms with E-state index in [0.717, 1.165) is 50.5 Å². The van der Waals surface area contributed by atoms with Crippen LogP contribution in [0.3, 0.4) is 0 Å². The molecule has 2 unspecified atom stereocenters. The molecule has 1 saturated heterocycles. The van der Waals surface area contributed by atoms with Crippen molar-refractivity contribution in [1.29, 1.82) is 0 Å². The molecule has 31 heavy (non-hydrogen) atoms. The Hall–Kier alpha value is -2.04. The lowest BCUT2D eigenvalue weighted by Crippen LogP contribution is -2.42. The van der Waals surface area contributed by atoms with E-state index < -0.39 is 0 Å². The molecule has 4 nitrogen and oxygen atoms in total. The van der Waals surface area contributed by atoms with Crippen molar-refractivity contribution in [2.24, 2.45) is 5.92 Å². The highest BCUT2D eigenvalue weighted by molar-refractivity contribution is 5.40. The molecule has 0 saturated carbocycles. The SMILES string of the molecule is COc1ccccc1C1(CCNCc2ccc(OC(C)C)cc2)CCOC(C(C)C)C1. The number of para-hydroxylation sites is 1. The fourth-order valence-corrected chi connectivity index (χ4v) is 4.59. The van der Waals surface area contributed by atoms with Crippen molar-refractivity contribution >= 4 is 0 Å². The fraction of sp³-hybridized carbons (Fsp3) is 0.556. The monoisotopic (exact) mass is 425 g/mol. The van der Waals surface area contributed by atoms with Crippen LogP contribution < -0.4 is 14.8 Å². The van der Waals surface area contributed by atoms with Crippen LogP contribution in [-0.4, -0.2) is 32.5 Å². The zero-order chi connectivity index (χ0) is 22.3. The number of rotatable bonds is 10. The maximum absolute atomic E-state index is 6.13. The van der Waals surface area contributed by atoms with Gasteiger partial charge in [0.25, 0.3) is 0 Å². The number of nitrogens with one attached hydrogen (secondary N) is 1. The molecule has 3 rings (SSSR count). The Labute approximate surface area is 188 Å². The van der Waals surface area contributed by atoms with Gasteiger partial charge in [-0.1, -0.05) is 44.2 Å². The van der Waals surface area contributed by atoms with Crippen molar-refractivity contribution in [2.45, 2.75) is 71.1 Å². The normalized spacial score (nSPS) is 21.5. The summed E-state index contributed by atoms with van der Waals surface area (Å²) in [6.45, 7) is 11.2. The highest BCUT2D eigenvalue weighted by atomic mass is 16.5. The van der Waals surface area contributed by atoms with Crippen molar-refractivity contribution in [3.8, 4) is 11.5 Å². The Balaban J connectivity index is 1.67. The molecule has 2 aromatic carbocycles. The lowest BCUT2D eigenvalue weighted by Gasteiger charge is -2.43. The quantitative estimate of drug-likeness (QED) is 0.493. The third kappa shape index (κ3) is 6.24. The van der Waals surface area contributed by atoms with Gasteiger partial charge in [-0.2, -0.15) is 0 Å². The van der Waals surface area contributed by atoms with E-state index in [9.17, 15) is 0 Å². The first-order chi connectivity index (χ1) is 14.9. The van der Waals surface area contributed by atoms with Gasteiger partial charge in [0.05, 0.1) is 19.3 Å². The van der Waals surface area contributed by atoms with E-state index in [1.807, 2.05) is 13.8 Å². The summed E-state index contributed by atoms with van der Waals surface area (Å²) in [6, 6.07) is 16.9. The minimum Gasteiger partial charge on any atom is -0.496 e. The van der Waals surface area contributed by atoms with Gasteiger partial charge >= 0.3 is 0 Å². The molecule has 170 valence electrons. The summed E-state index contributed by atoms with van der Waals surface area (Å²) in [4.78, 5) is 0. The molecule has 1 aliphatic heterocycles. The summed E-state index contributed by atoms with van der Waals surface area (Å²) in [6.07, 6.45) is 3.61. The second-order valence-corrected chi connectivity index (χ2v) is 9.33. The van der Waals surface area contributed by atoms with Crippen LogP contribution in [0.2, 0.25) is 0 Å². The van der Waals surface area contributed by atoms with Gasteiger partial charge in [-0.15, -0.1) is 0 Å². The minimum absolute atomic E-state index is 0.0712. The molecule has 0 spiro atoms. The first-order valence-electron chi connectivity index (χ1n) is 11.6. The molecular weight excluding hydrogens is 386 g/mol. The second-order valence-electron chi connectivity index (χ2n) is 9.33. The van der Waals surface area contributed by atoms with E-state index in [1.165, 1.54) is 11.1 Å². The molecule has 2 atom stereocenters. The predicted octanol–water partition coefficient (Wildman–Crippen LogP) is 5.74. The van der Waals surface area contributed by atoms with E-state index in [1.54, 1.807) is 7.11 Å². The number of hydrogen-bond acceptors (Lipinski definition) is 4. The van der Waals surface area contributed by atoms with Gasteiger partial charge in [0.15, 0.2) is 0 Å². The molecule has 2 aromatic rings. The standard InChI is InChI=1S/C27H39NO3/c1-20(2)26-18-27(15-17-30-26,24-8-6-7-9-25(24)29-5)14-16-28-19-22-10-12-23(13-11-22)31-21(3)4/h6-13,20-21,26,28H,14-19H2,1-5H3. The molecule has 0 aromatic heterocycles. The molecule has 4 heteroatoms. The van der Waals surface area contributed by atoms with Crippen molar-refractivity contribution in [1.82, 2.24) is 5.32 Å². The van der Waals surface area contributed by atoms with Crippen LogP contribution in [0.1, 0.15) is 58.1 Å². The number of ether oxygens (including phenoxy) is 3. The Morgan fingerprint density at radius 1 is 1.06 bits per heavy atom. The molecule has 1 heterocycles. The Bertz CT molecular complexity index is 802. The minimum atomic E-state index is 0.0712. The van der Waals surface area contributed by atoms with Gasteiger partial charge in [-0.3, -0.25) is 0 Å². The Morgan fingerprint density at radius 2 is 1.81 bits per heavy atom. The Morgan fingerprint density at radius 3 is 2.48 bits per heavy atom. The lowest BCUT2D eigenvalue weighted by molar-refractivity contribution is -0.0473. The third-order valence-electron chi connectivity index (χ3n) is 6.33. The van der Waals surface area contributed by atoms with E-state index in [-0.39, 0.29) is 17.6 Å². The third-order valence-corrected chi connectivity index (χ3v) is 6.33. The van der Waals surface area contributed by atoms with Gasteiger partial charge in [-0.25, -0.2) is 0 Å². The highest BCUT2D eigenvalue weighted by Crippen LogP contribution is 2.45. The second kappa shape index (κ2) is 11.0. The van der Waals surface area contributed by atoms with Crippen LogP contribution >= 0.6 is 0 Å². The van der Waals surface area contributed by atoms with Crippen molar-refractivity contribution in [3.63, 3.8) is 0 Å². The van der Waals surface area contributed by atoms with Gasteiger partial charge in [0, 0.05) is 24.1 Å². The maximum Gasteiger partial charge on any atom is 0.122 e. The highest BCUT2D eigenvalue weighted by Gasteiger charge is 2.40. The summed E-state index contributed by atoms with van der Waals surface area (Å²) in [5.41, 5.74) is 2.67. The first-order valence-corrected chi connectivity index (χ1v) is 11.6.